The van der Waals surface area contributed by atoms with Crippen LogP contribution in [0.3, 0.4) is 0 Å². The lowest BCUT2D eigenvalue weighted by Gasteiger charge is -2.12. The van der Waals surface area contributed by atoms with Gasteiger partial charge in [-0.05, 0) is 38.4 Å². The molecule has 20 heavy (non-hydrogen) atoms. The van der Waals surface area contributed by atoms with E-state index >= 15 is 0 Å². The minimum atomic E-state index is 0.910. The second-order valence-corrected chi connectivity index (χ2v) is 5.36. The molecule has 0 N–H and O–H groups in total. The van der Waals surface area contributed by atoms with Crippen molar-refractivity contribution in [3.63, 3.8) is 0 Å². The zero-order valence-corrected chi connectivity index (χ0v) is 12.3. The molecule has 0 aliphatic carbocycles. The van der Waals surface area contributed by atoms with Gasteiger partial charge < -0.3 is 14.2 Å². The highest BCUT2D eigenvalue weighted by Crippen LogP contribution is 2.31. The van der Waals surface area contributed by atoms with Crippen LogP contribution in [0.5, 0.6) is 5.75 Å². The molecular weight excluding hydrogens is 248 g/mol. The third kappa shape index (κ3) is 2.14. The Morgan fingerprint density at radius 1 is 1.00 bits per heavy atom. The van der Waals surface area contributed by atoms with E-state index in [2.05, 4.69) is 60.0 Å². The maximum Gasteiger partial charge on any atom is 0.119 e. The van der Waals surface area contributed by atoms with Crippen molar-refractivity contribution < 1.29 is 4.74 Å². The molecule has 0 aliphatic heterocycles. The van der Waals surface area contributed by atoms with Crippen molar-refractivity contribution in [2.45, 2.75) is 6.54 Å². The lowest BCUT2D eigenvalue weighted by Crippen LogP contribution is -2.18. The van der Waals surface area contributed by atoms with Gasteiger partial charge in [-0.3, -0.25) is 0 Å². The number of methoxy groups -OCH3 is 1. The van der Waals surface area contributed by atoms with E-state index in [1.165, 1.54) is 21.8 Å². The third-order valence-electron chi connectivity index (χ3n) is 3.75. The van der Waals surface area contributed by atoms with Crippen molar-refractivity contribution in [1.82, 2.24) is 9.47 Å². The predicted molar refractivity (Wildman–Crippen MR) is 84.6 cm³/mol. The number of hydrogen-bond acceptors (Lipinski definition) is 2. The van der Waals surface area contributed by atoms with Gasteiger partial charge in [0.1, 0.15) is 5.75 Å². The van der Waals surface area contributed by atoms with Gasteiger partial charge in [0.2, 0.25) is 0 Å². The smallest absolute Gasteiger partial charge is 0.119 e. The first-order valence-electron chi connectivity index (χ1n) is 6.90. The van der Waals surface area contributed by atoms with Crippen molar-refractivity contribution >= 4 is 21.8 Å². The van der Waals surface area contributed by atoms with Crippen LogP contribution in [-0.2, 0) is 6.54 Å². The zero-order valence-electron chi connectivity index (χ0n) is 12.3. The summed E-state index contributed by atoms with van der Waals surface area (Å²) in [6.07, 6.45) is 0. The van der Waals surface area contributed by atoms with Crippen LogP contribution in [0.2, 0.25) is 0 Å². The summed E-state index contributed by atoms with van der Waals surface area (Å²) in [6, 6.07) is 14.9. The average Bonchev–Trinajstić information content (AvgIpc) is 2.78. The molecule has 104 valence electrons. The SMILES string of the molecule is COc1ccc2c(c1)c1ccccc1n2CCN(C)C. The third-order valence-corrected chi connectivity index (χ3v) is 3.75. The average molecular weight is 268 g/mol. The number of benzene rings is 2. The Labute approximate surface area is 119 Å². The minimum Gasteiger partial charge on any atom is -0.497 e. The van der Waals surface area contributed by atoms with E-state index in [-0.39, 0.29) is 0 Å². The number of hydrogen-bond donors (Lipinski definition) is 0. The first-order chi connectivity index (χ1) is 9.70. The summed E-state index contributed by atoms with van der Waals surface area (Å²) in [5.41, 5.74) is 2.56. The highest BCUT2D eigenvalue weighted by atomic mass is 16.5. The Hall–Kier alpha value is -2.00. The molecule has 0 unspecified atom stereocenters. The molecule has 0 saturated heterocycles. The quantitative estimate of drug-likeness (QED) is 0.722. The van der Waals surface area contributed by atoms with Crippen LogP contribution >= 0.6 is 0 Å². The van der Waals surface area contributed by atoms with Gasteiger partial charge >= 0.3 is 0 Å². The van der Waals surface area contributed by atoms with E-state index in [9.17, 15) is 0 Å². The van der Waals surface area contributed by atoms with Gasteiger partial charge in [-0.2, -0.15) is 0 Å². The Morgan fingerprint density at radius 2 is 1.75 bits per heavy atom. The Morgan fingerprint density at radius 3 is 2.50 bits per heavy atom. The molecule has 0 saturated carbocycles. The van der Waals surface area contributed by atoms with Crippen LogP contribution in [0.4, 0.5) is 0 Å². The maximum absolute atomic E-state index is 5.36. The topological polar surface area (TPSA) is 17.4 Å². The van der Waals surface area contributed by atoms with E-state index in [1.807, 2.05) is 6.07 Å². The largest absolute Gasteiger partial charge is 0.497 e. The molecule has 0 radical (unpaired) electrons. The summed E-state index contributed by atoms with van der Waals surface area (Å²) in [7, 11) is 5.93. The number of nitrogens with zero attached hydrogens (tertiary/aromatic N) is 2. The second-order valence-electron chi connectivity index (χ2n) is 5.36. The summed E-state index contributed by atoms with van der Waals surface area (Å²) in [6.45, 7) is 2.02. The molecule has 0 aliphatic rings. The standard InChI is InChI=1S/C17H20N2O/c1-18(2)10-11-19-16-7-5-4-6-14(16)15-12-13(20-3)8-9-17(15)19/h4-9,12H,10-11H2,1-3H3. The van der Waals surface area contributed by atoms with Crippen molar-refractivity contribution in [3.8, 4) is 5.75 Å². The van der Waals surface area contributed by atoms with E-state index in [0.29, 0.717) is 0 Å². The molecule has 3 nitrogen and oxygen atoms in total. The van der Waals surface area contributed by atoms with Crippen molar-refractivity contribution in [1.29, 1.82) is 0 Å². The lowest BCUT2D eigenvalue weighted by atomic mass is 10.1. The van der Waals surface area contributed by atoms with Gasteiger partial charge in [-0.25, -0.2) is 0 Å². The molecule has 0 atom stereocenters. The van der Waals surface area contributed by atoms with E-state index in [0.717, 1.165) is 18.8 Å². The molecule has 3 rings (SSSR count). The molecule has 1 heterocycles. The van der Waals surface area contributed by atoms with Crippen LogP contribution < -0.4 is 4.74 Å². The zero-order chi connectivity index (χ0) is 14.1. The number of ether oxygens (including phenoxy) is 1. The fraction of sp³-hybridized carbons (Fsp3) is 0.294. The van der Waals surface area contributed by atoms with Crippen molar-refractivity contribution in [2.75, 3.05) is 27.7 Å². The molecule has 0 spiro atoms. The number of para-hydroxylation sites is 1. The van der Waals surface area contributed by atoms with Crippen LogP contribution in [-0.4, -0.2) is 37.2 Å². The van der Waals surface area contributed by atoms with Crippen molar-refractivity contribution in [2.24, 2.45) is 0 Å². The first kappa shape index (κ1) is 13.0. The molecule has 1 aromatic heterocycles. The normalized spacial score (nSPS) is 11.6. The maximum atomic E-state index is 5.36. The highest BCUT2D eigenvalue weighted by Gasteiger charge is 2.10. The fourth-order valence-corrected chi connectivity index (χ4v) is 2.70. The molecule has 0 bridgehead atoms. The van der Waals surface area contributed by atoms with Gasteiger partial charge in [-0.1, -0.05) is 18.2 Å². The second kappa shape index (κ2) is 5.17. The summed E-state index contributed by atoms with van der Waals surface area (Å²) in [5, 5.41) is 2.55. The number of fused-ring (bicyclic) bond motifs is 3. The summed E-state index contributed by atoms with van der Waals surface area (Å²) < 4.78 is 7.75. The Bertz CT molecular complexity index is 743. The summed E-state index contributed by atoms with van der Waals surface area (Å²) >= 11 is 0. The monoisotopic (exact) mass is 268 g/mol. The fourth-order valence-electron chi connectivity index (χ4n) is 2.70. The molecule has 0 amide bonds. The van der Waals surface area contributed by atoms with E-state index < -0.39 is 0 Å². The molecule has 3 aromatic rings. The van der Waals surface area contributed by atoms with Crippen molar-refractivity contribution in [3.05, 3.63) is 42.5 Å². The van der Waals surface area contributed by atoms with Gasteiger partial charge in [0.25, 0.3) is 0 Å². The highest BCUT2D eigenvalue weighted by molar-refractivity contribution is 6.08. The number of likely N-dealkylation sites (N-methyl/N-ethyl adjacent to an activating group) is 1. The van der Waals surface area contributed by atoms with Crippen LogP contribution in [0, 0.1) is 0 Å². The van der Waals surface area contributed by atoms with Gasteiger partial charge in [0, 0.05) is 34.9 Å². The number of aromatic nitrogens is 1. The van der Waals surface area contributed by atoms with Crippen LogP contribution in [0.25, 0.3) is 21.8 Å². The van der Waals surface area contributed by atoms with E-state index in [1.54, 1.807) is 7.11 Å². The lowest BCUT2D eigenvalue weighted by molar-refractivity contribution is 0.389. The summed E-state index contributed by atoms with van der Waals surface area (Å²) in [4.78, 5) is 2.21. The van der Waals surface area contributed by atoms with Gasteiger partial charge in [-0.15, -0.1) is 0 Å². The molecule has 2 aromatic carbocycles. The van der Waals surface area contributed by atoms with Crippen LogP contribution in [0.15, 0.2) is 42.5 Å². The van der Waals surface area contributed by atoms with Gasteiger partial charge in [0.15, 0.2) is 0 Å². The predicted octanol–water partition coefficient (Wildman–Crippen LogP) is 3.36. The van der Waals surface area contributed by atoms with Gasteiger partial charge in [0.05, 0.1) is 7.11 Å². The van der Waals surface area contributed by atoms with Crippen LogP contribution in [0.1, 0.15) is 0 Å². The number of rotatable bonds is 4. The first-order valence-corrected chi connectivity index (χ1v) is 6.90. The van der Waals surface area contributed by atoms with E-state index in [4.69, 9.17) is 4.74 Å². The molecule has 0 fully saturated rings. The Balaban J connectivity index is 2.24. The minimum absolute atomic E-state index is 0.910. The molecule has 3 heteroatoms. The Kier molecular flexibility index (Phi) is 3.36. The molecular formula is C17H20N2O. The summed E-state index contributed by atoms with van der Waals surface area (Å²) in [5.74, 6) is 0.910.